The molecule has 4 nitrogen and oxygen atoms in total. The number of rotatable bonds is 1. The van der Waals surface area contributed by atoms with Gasteiger partial charge in [-0.3, -0.25) is 14.4 Å². The Labute approximate surface area is 205 Å². The molecule has 0 radical (unpaired) electrons. The van der Waals surface area contributed by atoms with Gasteiger partial charge in [-0.15, -0.1) is 0 Å². The van der Waals surface area contributed by atoms with Crippen molar-refractivity contribution < 1.29 is 19.5 Å². The zero-order valence-electron chi connectivity index (χ0n) is 22.3. The molecule has 0 unspecified atom stereocenters. The second kappa shape index (κ2) is 6.85. The average molecular weight is 469 g/mol. The van der Waals surface area contributed by atoms with E-state index in [0.717, 1.165) is 44.9 Å². The summed E-state index contributed by atoms with van der Waals surface area (Å²) in [5, 5.41) is 10.0. The summed E-state index contributed by atoms with van der Waals surface area (Å²) in [7, 11) is 0. The van der Waals surface area contributed by atoms with E-state index >= 15 is 0 Å². The molecule has 8 atom stereocenters. The Bertz CT molecular complexity index is 1010. The van der Waals surface area contributed by atoms with E-state index in [1.54, 1.807) is 0 Å². The topological polar surface area (TPSA) is 71.4 Å². The van der Waals surface area contributed by atoms with Crippen molar-refractivity contribution in [3.05, 3.63) is 11.6 Å². The Balaban J connectivity index is 1.63. The molecule has 0 heterocycles. The zero-order chi connectivity index (χ0) is 25.1. The maximum absolute atomic E-state index is 14.2. The third kappa shape index (κ3) is 2.75. The lowest BCUT2D eigenvalue weighted by Crippen LogP contribution is -2.66. The fourth-order valence-corrected chi connectivity index (χ4v) is 10.2. The molecule has 0 amide bonds. The van der Waals surface area contributed by atoms with E-state index in [2.05, 4.69) is 41.5 Å². The van der Waals surface area contributed by atoms with E-state index in [4.69, 9.17) is 0 Å². The molecular weight excluding hydrogens is 424 g/mol. The number of hydrogen-bond acceptors (Lipinski definition) is 3. The number of carbonyl (C=O) groups excluding carboxylic acids is 2. The lowest BCUT2D eigenvalue weighted by Gasteiger charge is -2.69. The molecule has 0 aromatic carbocycles. The van der Waals surface area contributed by atoms with Crippen LogP contribution in [0.15, 0.2) is 11.6 Å². The Kier molecular flexibility index (Phi) is 4.89. The Hall–Kier alpha value is -1.45. The van der Waals surface area contributed by atoms with Crippen molar-refractivity contribution in [3.63, 3.8) is 0 Å². The van der Waals surface area contributed by atoms with Crippen LogP contribution in [0.4, 0.5) is 0 Å². The predicted molar refractivity (Wildman–Crippen MR) is 132 cm³/mol. The standard InChI is InChI=1S/C30H44O4/c1-25(2)21-8-11-30(7)23(28(21,5)10-9-22(25)32)20(31)16-18-19-17-27(4,24(33)34)13-12-26(19,3)14-15-29(18,30)6/h16,19,21,23H,8-15,17H2,1-7H3,(H,33,34)/t19-,21+,23+,26+,27-,28-,29+,30+/m0/s1. The van der Waals surface area contributed by atoms with Gasteiger partial charge >= 0.3 is 5.97 Å². The first-order valence-corrected chi connectivity index (χ1v) is 13.6. The van der Waals surface area contributed by atoms with Gasteiger partial charge in [-0.25, -0.2) is 0 Å². The number of ketones is 2. The van der Waals surface area contributed by atoms with E-state index in [1.807, 2.05) is 13.0 Å². The molecule has 5 rings (SSSR count). The zero-order valence-corrected chi connectivity index (χ0v) is 22.3. The van der Waals surface area contributed by atoms with Gasteiger partial charge in [0.1, 0.15) is 5.78 Å². The van der Waals surface area contributed by atoms with E-state index in [0.29, 0.717) is 18.6 Å². The van der Waals surface area contributed by atoms with Crippen LogP contribution in [-0.4, -0.2) is 22.6 Å². The molecule has 1 N–H and O–H groups in total. The summed E-state index contributed by atoms with van der Waals surface area (Å²) in [5.74, 6) is 0.222. The van der Waals surface area contributed by atoms with Crippen LogP contribution in [0.1, 0.15) is 106 Å². The largest absolute Gasteiger partial charge is 0.481 e. The van der Waals surface area contributed by atoms with Gasteiger partial charge in [-0.1, -0.05) is 47.1 Å². The summed E-state index contributed by atoms with van der Waals surface area (Å²) in [6, 6.07) is 0. The third-order valence-corrected chi connectivity index (χ3v) is 12.8. The molecule has 0 aromatic heterocycles. The second-order valence-corrected chi connectivity index (χ2v) is 14.7. The number of hydrogen-bond donors (Lipinski definition) is 1. The molecule has 5 aliphatic carbocycles. The first kappa shape index (κ1) is 24.3. The molecule has 0 bridgehead atoms. The average Bonchev–Trinajstić information content (AvgIpc) is 2.73. The van der Waals surface area contributed by atoms with Gasteiger partial charge in [0.15, 0.2) is 5.78 Å². The minimum atomic E-state index is -0.721. The first-order chi connectivity index (χ1) is 15.6. The highest BCUT2D eigenvalue weighted by Gasteiger charge is 2.70. The summed E-state index contributed by atoms with van der Waals surface area (Å²) in [6.45, 7) is 15.5. The Morgan fingerprint density at radius 2 is 1.56 bits per heavy atom. The van der Waals surface area contributed by atoms with Crippen molar-refractivity contribution in [2.75, 3.05) is 0 Å². The molecule has 0 spiro atoms. The smallest absolute Gasteiger partial charge is 0.309 e. The summed E-state index contributed by atoms with van der Waals surface area (Å²) in [4.78, 5) is 39.3. The van der Waals surface area contributed by atoms with Crippen LogP contribution in [0.25, 0.3) is 0 Å². The number of carboxylic acids is 1. The molecule has 188 valence electrons. The highest BCUT2D eigenvalue weighted by Crippen LogP contribution is 2.74. The first-order valence-electron chi connectivity index (χ1n) is 13.6. The van der Waals surface area contributed by atoms with Crippen LogP contribution >= 0.6 is 0 Å². The molecule has 0 aromatic rings. The van der Waals surface area contributed by atoms with Crippen LogP contribution in [0, 0.1) is 50.2 Å². The molecule has 0 aliphatic heterocycles. The highest BCUT2D eigenvalue weighted by molar-refractivity contribution is 5.96. The summed E-state index contributed by atoms with van der Waals surface area (Å²) in [6.07, 6.45) is 9.78. The summed E-state index contributed by atoms with van der Waals surface area (Å²) < 4.78 is 0. The molecule has 34 heavy (non-hydrogen) atoms. The maximum Gasteiger partial charge on any atom is 0.309 e. The van der Waals surface area contributed by atoms with Crippen LogP contribution in [0.3, 0.4) is 0 Å². The monoisotopic (exact) mass is 468 g/mol. The number of carbonyl (C=O) groups is 3. The van der Waals surface area contributed by atoms with Gasteiger partial charge in [-0.05, 0) is 97.9 Å². The number of fused-ring (bicyclic) bond motifs is 7. The predicted octanol–water partition coefficient (Wildman–Crippen LogP) is 6.62. The lowest BCUT2D eigenvalue weighted by atomic mass is 9.33. The minimum absolute atomic E-state index is 0.0707. The number of allylic oxidation sites excluding steroid dienone is 2. The maximum atomic E-state index is 14.2. The second-order valence-electron chi connectivity index (χ2n) is 14.7. The van der Waals surface area contributed by atoms with Crippen molar-refractivity contribution in [2.24, 2.45) is 50.2 Å². The van der Waals surface area contributed by atoms with Gasteiger partial charge < -0.3 is 5.11 Å². The van der Waals surface area contributed by atoms with E-state index in [-0.39, 0.29) is 50.6 Å². The van der Waals surface area contributed by atoms with Crippen molar-refractivity contribution in [1.82, 2.24) is 0 Å². The molecule has 4 heteroatoms. The van der Waals surface area contributed by atoms with E-state index < -0.39 is 11.4 Å². The molecular formula is C30H44O4. The van der Waals surface area contributed by atoms with Crippen molar-refractivity contribution in [2.45, 2.75) is 106 Å². The Morgan fingerprint density at radius 3 is 2.21 bits per heavy atom. The highest BCUT2D eigenvalue weighted by atomic mass is 16.4. The lowest BCUT2D eigenvalue weighted by molar-refractivity contribution is -0.188. The fraction of sp³-hybridized carbons (Fsp3) is 0.833. The van der Waals surface area contributed by atoms with Crippen molar-refractivity contribution >= 4 is 17.5 Å². The molecule has 4 fully saturated rings. The van der Waals surface area contributed by atoms with Crippen LogP contribution in [0.2, 0.25) is 0 Å². The minimum Gasteiger partial charge on any atom is -0.481 e. The van der Waals surface area contributed by atoms with Gasteiger partial charge in [0.05, 0.1) is 5.41 Å². The van der Waals surface area contributed by atoms with E-state index in [1.165, 1.54) is 5.57 Å². The summed E-state index contributed by atoms with van der Waals surface area (Å²) >= 11 is 0. The Morgan fingerprint density at radius 1 is 0.912 bits per heavy atom. The third-order valence-electron chi connectivity index (χ3n) is 12.8. The summed E-state index contributed by atoms with van der Waals surface area (Å²) in [5.41, 5.74) is -0.205. The van der Waals surface area contributed by atoms with Gasteiger partial charge in [-0.2, -0.15) is 0 Å². The van der Waals surface area contributed by atoms with Crippen LogP contribution < -0.4 is 0 Å². The fourth-order valence-electron chi connectivity index (χ4n) is 10.2. The van der Waals surface area contributed by atoms with Gasteiger partial charge in [0, 0.05) is 17.8 Å². The SMILES string of the molecule is CC1(C)C(=O)CC[C@@]2(C)[C@@H]1CC[C@]1(C)[C@@H]2C(=O)C=C2[C@@H]3C[C@@](C)(C(=O)O)CC[C@]3(C)CC[C@]21C. The number of Topliss-reactive ketones (excluding diaryl/α,β-unsaturated/α-hetero) is 1. The van der Waals surface area contributed by atoms with Gasteiger partial charge in [0.25, 0.3) is 0 Å². The van der Waals surface area contributed by atoms with E-state index in [9.17, 15) is 19.5 Å². The van der Waals surface area contributed by atoms with Crippen LogP contribution in [-0.2, 0) is 14.4 Å². The number of carboxylic acid groups (broad SMARTS) is 1. The molecule has 0 saturated heterocycles. The number of aliphatic carboxylic acids is 1. The van der Waals surface area contributed by atoms with Crippen molar-refractivity contribution in [1.29, 1.82) is 0 Å². The quantitative estimate of drug-likeness (QED) is 0.469. The van der Waals surface area contributed by atoms with Gasteiger partial charge in [0.2, 0.25) is 0 Å². The normalized spacial score (nSPS) is 52.0. The van der Waals surface area contributed by atoms with Crippen LogP contribution in [0.5, 0.6) is 0 Å². The van der Waals surface area contributed by atoms with Crippen molar-refractivity contribution in [3.8, 4) is 0 Å². The molecule has 4 saturated carbocycles. The molecule has 5 aliphatic rings.